The molecule has 146 valence electrons. The van der Waals surface area contributed by atoms with Gasteiger partial charge in [-0.25, -0.2) is 0 Å². The molecule has 0 saturated heterocycles. The van der Waals surface area contributed by atoms with Crippen LogP contribution in [-0.2, 0) is 13.1 Å². The lowest BCUT2D eigenvalue weighted by Gasteiger charge is -2.25. The zero-order valence-corrected chi connectivity index (χ0v) is 17.7. The van der Waals surface area contributed by atoms with Crippen LogP contribution in [0.2, 0.25) is 0 Å². The number of pyridine rings is 1. The van der Waals surface area contributed by atoms with Gasteiger partial charge in [0.25, 0.3) is 5.56 Å². The fourth-order valence-electron chi connectivity index (χ4n) is 2.95. The van der Waals surface area contributed by atoms with Crippen molar-refractivity contribution in [3.63, 3.8) is 0 Å². The Morgan fingerprint density at radius 3 is 1.79 bits per heavy atom. The molecule has 3 rings (SSSR count). The van der Waals surface area contributed by atoms with Gasteiger partial charge in [-0.3, -0.25) is 4.79 Å². The van der Waals surface area contributed by atoms with Crippen molar-refractivity contribution in [1.29, 1.82) is 0 Å². The number of aromatic amines is 1. The summed E-state index contributed by atoms with van der Waals surface area (Å²) in [5.41, 5.74) is 3.49. The molecule has 0 unspecified atom stereocenters. The zero-order chi connectivity index (χ0) is 20.1. The molecule has 1 aromatic heterocycles. The number of hydrogen-bond donors (Lipinski definition) is 1. The maximum absolute atomic E-state index is 12.7. The minimum absolute atomic E-state index is 0.109. The van der Waals surface area contributed by atoms with Crippen LogP contribution in [0.3, 0.4) is 0 Å². The highest BCUT2D eigenvalue weighted by atomic mass is 79.9. The molecule has 3 aromatic rings. The number of halogens is 1. The average Bonchev–Trinajstić information content (AvgIpc) is 2.71. The van der Waals surface area contributed by atoms with Crippen molar-refractivity contribution < 1.29 is 9.47 Å². The Hall–Kier alpha value is -2.73. The predicted octanol–water partition coefficient (Wildman–Crippen LogP) is 4.67. The molecule has 0 radical (unpaired) electrons. The number of aryl methyl sites for hydroxylation is 1. The van der Waals surface area contributed by atoms with Crippen molar-refractivity contribution in [3.8, 4) is 11.5 Å². The Bertz CT molecular complexity index is 933. The van der Waals surface area contributed by atoms with E-state index in [1.54, 1.807) is 14.2 Å². The molecule has 5 nitrogen and oxygen atoms in total. The first-order chi connectivity index (χ1) is 13.5. The van der Waals surface area contributed by atoms with Crippen LogP contribution in [-0.4, -0.2) is 19.2 Å². The SMILES string of the molecule is COc1ccc(CN(Cc2ccc(OC)cc2)c2cc(Br)c(C)[nH]c2=O)cc1. The van der Waals surface area contributed by atoms with E-state index in [0.717, 1.165) is 32.8 Å². The minimum atomic E-state index is -0.109. The van der Waals surface area contributed by atoms with Gasteiger partial charge in [-0.15, -0.1) is 0 Å². The van der Waals surface area contributed by atoms with E-state index < -0.39 is 0 Å². The van der Waals surface area contributed by atoms with E-state index >= 15 is 0 Å². The molecule has 1 N–H and O–H groups in total. The van der Waals surface area contributed by atoms with E-state index in [-0.39, 0.29) is 5.56 Å². The zero-order valence-electron chi connectivity index (χ0n) is 16.2. The number of anilines is 1. The lowest BCUT2D eigenvalue weighted by molar-refractivity contribution is 0.414. The first-order valence-electron chi connectivity index (χ1n) is 8.90. The van der Waals surface area contributed by atoms with Gasteiger partial charge in [0.2, 0.25) is 0 Å². The second kappa shape index (κ2) is 8.97. The Kier molecular flexibility index (Phi) is 6.41. The van der Waals surface area contributed by atoms with Gasteiger partial charge in [0.1, 0.15) is 17.2 Å². The molecular weight excluding hydrogens is 420 g/mol. The van der Waals surface area contributed by atoms with Gasteiger partial charge in [0.05, 0.1) is 14.2 Å². The van der Waals surface area contributed by atoms with E-state index in [9.17, 15) is 4.79 Å². The number of ether oxygens (including phenoxy) is 2. The Labute approximate surface area is 173 Å². The van der Waals surface area contributed by atoms with Gasteiger partial charge >= 0.3 is 0 Å². The maximum atomic E-state index is 12.7. The standard InChI is InChI=1S/C22H23BrN2O3/c1-15-20(23)12-21(22(26)24-15)25(13-16-4-8-18(27-2)9-5-16)14-17-6-10-19(28-3)11-7-17/h4-12H,13-14H2,1-3H3,(H,24,26). The lowest BCUT2D eigenvalue weighted by atomic mass is 10.1. The smallest absolute Gasteiger partial charge is 0.271 e. The lowest BCUT2D eigenvalue weighted by Crippen LogP contribution is -2.28. The highest BCUT2D eigenvalue weighted by Gasteiger charge is 2.14. The first kappa shape index (κ1) is 20.0. The third-order valence-corrected chi connectivity index (χ3v) is 5.38. The quantitative estimate of drug-likeness (QED) is 0.577. The van der Waals surface area contributed by atoms with Crippen LogP contribution in [0.1, 0.15) is 16.8 Å². The van der Waals surface area contributed by atoms with Crippen LogP contribution in [0.25, 0.3) is 0 Å². The van der Waals surface area contributed by atoms with Crippen LogP contribution >= 0.6 is 15.9 Å². The first-order valence-corrected chi connectivity index (χ1v) is 9.69. The normalized spacial score (nSPS) is 10.6. The molecule has 0 aliphatic carbocycles. The number of nitrogens with one attached hydrogen (secondary N) is 1. The maximum Gasteiger partial charge on any atom is 0.271 e. The molecule has 0 fully saturated rings. The molecule has 0 atom stereocenters. The van der Waals surface area contributed by atoms with Gasteiger partial charge in [0.15, 0.2) is 0 Å². The number of nitrogens with zero attached hydrogens (tertiary/aromatic N) is 1. The molecule has 0 saturated carbocycles. The largest absolute Gasteiger partial charge is 0.497 e. The van der Waals surface area contributed by atoms with Crippen molar-refractivity contribution in [2.24, 2.45) is 0 Å². The Morgan fingerprint density at radius 1 is 0.893 bits per heavy atom. The fraction of sp³-hybridized carbons (Fsp3) is 0.227. The number of rotatable bonds is 7. The summed E-state index contributed by atoms with van der Waals surface area (Å²) in [6, 6.07) is 17.6. The van der Waals surface area contributed by atoms with Crippen molar-refractivity contribution in [1.82, 2.24) is 4.98 Å². The minimum Gasteiger partial charge on any atom is -0.497 e. The summed E-state index contributed by atoms with van der Waals surface area (Å²) in [4.78, 5) is 17.6. The second-order valence-corrected chi connectivity index (χ2v) is 7.36. The van der Waals surface area contributed by atoms with E-state index in [1.807, 2.05) is 61.5 Å². The topological polar surface area (TPSA) is 54.6 Å². The van der Waals surface area contributed by atoms with Gasteiger partial charge in [-0.2, -0.15) is 0 Å². The van der Waals surface area contributed by atoms with Gasteiger partial charge < -0.3 is 19.4 Å². The van der Waals surface area contributed by atoms with E-state index in [2.05, 4.69) is 25.8 Å². The van der Waals surface area contributed by atoms with E-state index in [4.69, 9.17) is 9.47 Å². The van der Waals surface area contributed by atoms with Crippen LogP contribution in [0.15, 0.2) is 63.9 Å². The molecule has 0 aliphatic heterocycles. The highest BCUT2D eigenvalue weighted by molar-refractivity contribution is 9.10. The van der Waals surface area contributed by atoms with E-state index in [0.29, 0.717) is 18.8 Å². The number of H-pyrrole nitrogens is 1. The van der Waals surface area contributed by atoms with E-state index in [1.165, 1.54) is 0 Å². The van der Waals surface area contributed by atoms with Crippen molar-refractivity contribution in [2.45, 2.75) is 20.0 Å². The second-order valence-electron chi connectivity index (χ2n) is 6.51. The van der Waals surface area contributed by atoms with Crippen LogP contribution in [0, 0.1) is 6.92 Å². The van der Waals surface area contributed by atoms with Crippen LogP contribution in [0.5, 0.6) is 11.5 Å². The van der Waals surface area contributed by atoms with Crippen LogP contribution in [0.4, 0.5) is 5.69 Å². The summed E-state index contributed by atoms with van der Waals surface area (Å²) in [6.07, 6.45) is 0. The molecule has 0 bridgehead atoms. The monoisotopic (exact) mass is 442 g/mol. The summed E-state index contributed by atoms with van der Waals surface area (Å²) in [5, 5.41) is 0. The van der Waals surface area contributed by atoms with Gasteiger partial charge in [-0.1, -0.05) is 24.3 Å². The summed E-state index contributed by atoms with van der Waals surface area (Å²) in [6.45, 7) is 3.05. The summed E-state index contributed by atoms with van der Waals surface area (Å²) in [7, 11) is 3.29. The Morgan fingerprint density at radius 2 is 1.36 bits per heavy atom. The highest BCUT2D eigenvalue weighted by Crippen LogP contribution is 2.23. The molecule has 6 heteroatoms. The van der Waals surface area contributed by atoms with Crippen molar-refractivity contribution in [3.05, 3.63) is 86.2 Å². The summed E-state index contributed by atoms with van der Waals surface area (Å²) < 4.78 is 11.3. The van der Waals surface area contributed by atoms with Gasteiger partial charge in [-0.05, 0) is 64.3 Å². The van der Waals surface area contributed by atoms with Crippen LogP contribution < -0.4 is 19.9 Å². The third-order valence-electron chi connectivity index (χ3n) is 4.56. The number of aromatic nitrogens is 1. The molecule has 0 amide bonds. The predicted molar refractivity (Wildman–Crippen MR) is 115 cm³/mol. The third kappa shape index (κ3) is 4.75. The average molecular weight is 443 g/mol. The fourth-order valence-corrected chi connectivity index (χ4v) is 3.27. The molecule has 28 heavy (non-hydrogen) atoms. The van der Waals surface area contributed by atoms with Crippen molar-refractivity contribution in [2.75, 3.05) is 19.1 Å². The molecule has 1 heterocycles. The number of hydrogen-bond acceptors (Lipinski definition) is 4. The molecule has 2 aromatic carbocycles. The summed E-state index contributed by atoms with van der Waals surface area (Å²) >= 11 is 3.53. The molecule has 0 spiro atoms. The molecule has 0 aliphatic rings. The molecular formula is C22H23BrN2O3. The number of methoxy groups -OCH3 is 2. The van der Waals surface area contributed by atoms with Gasteiger partial charge in [0, 0.05) is 23.3 Å². The van der Waals surface area contributed by atoms with Crippen molar-refractivity contribution >= 4 is 21.6 Å². The summed E-state index contributed by atoms with van der Waals surface area (Å²) in [5.74, 6) is 1.61. The Balaban J connectivity index is 1.94. The number of benzene rings is 2.